The first-order valence-electron chi connectivity index (χ1n) is 5.10. The Kier molecular flexibility index (Phi) is 4.44. The van der Waals surface area contributed by atoms with Crippen molar-refractivity contribution in [1.82, 2.24) is 9.97 Å². The molecule has 1 aromatic heterocycles. The molecule has 72 valence electrons. The van der Waals surface area contributed by atoms with Gasteiger partial charge in [-0.3, -0.25) is 0 Å². The fourth-order valence-electron chi connectivity index (χ4n) is 1.41. The van der Waals surface area contributed by atoms with Gasteiger partial charge < -0.3 is 0 Å². The molecule has 2 nitrogen and oxygen atoms in total. The Hall–Kier alpha value is -0.920. The molecule has 0 unspecified atom stereocenters. The van der Waals surface area contributed by atoms with Crippen LogP contribution in [0, 0.1) is 6.92 Å². The average Bonchev–Trinajstić information content (AvgIpc) is 2.15. The van der Waals surface area contributed by atoms with Crippen molar-refractivity contribution in [2.45, 2.75) is 46.0 Å². The topological polar surface area (TPSA) is 25.8 Å². The summed E-state index contributed by atoms with van der Waals surface area (Å²) in [6, 6.07) is 0. The van der Waals surface area contributed by atoms with Crippen LogP contribution >= 0.6 is 0 Å². The molecule has 0 atom stereocenters. The van der Waals surface area contributed by atoms with Gasteiger partial charge in [0.25, 0.3) is 0 Å². The molecule has 1 rings (SSSR count). The van der Waals surface area contributed by atoms with Crippen molar-refractivity contribution in [2.75, 3.05) is 0 Å². The van der Waals surface area contributed by atoms with Crippen LogP contribution in [-0.2, 0) is 6.42 Å². The van der Waals surface area contributed by atoms with E-state index in [1.807, 2.05) is 6.20 Å². The Labute approximate surface area is 80.4 Å². The molecule has 2 heteroatoms. The van der Waals surface area contributed by atoms with Gasteiger partial charge in [0.1, 0.15) is 6.33 Å². The van der Waals surface area contributed by atoms with Crippen molar-refractivity contribution >= 4 is 0 Å². The van der Waals surface area contributed by atoms with E-state index >= 15 is 0 Å². The van der Waals surface area contributed by atoms with Crippen molar-refractivity contribution in [3.63, 3.8) is 0 Å². The lowest BCUT2D eigenvalue weighted by Gasteiger charge is -2.02. The highest BCUT2D eigenvalue weighted by Crippen LogP contribution is 2.08. The third-order valence-electron chi connectivity index (χ3n) is 2.31. The summed E-state index contributed by atoms with van der Waals surface area (Å²) in [5.41, 5.74) is 2.44. The smallest absolute Gasteiger partial charge is 0.115 e. The van der Waals surface area contributed by atoms with Gasteiger partial charge in [-0.05, 0) is 25.3 Å². The molecule has 0 bridgehead atoms. The summed E-state index contributed by atoms with van der Waals surface area (Å²) < 4.78 is 0. The van der Waals surface area contributed by atoms with Crippen LogP contribution in [-0.4, -0.2) is 9.97 Å². The zero-order valence-corrected chi connectivity index (χ0v) is 8.58. The van der Waals surface area contributed by atoms with Gasteiger partial charge in [-0.25, -0.2) is 9.97 Å². The molecule has 1 heterocycles. The van der Waals surface area contributed by atoms with Gasteiger partial charge in [-0.15, -0.1) is 0 Å². The normalized spacial score (nSPS) is 10.3. The van der Waals surface area contributed by atoms with Crippen LogP contribution in [0.4, 0.5) is 0 Å². The minimum atomic E-state index is 1.13. The van der Waals surface area contributed by atoms with E-state index in [4.69, 9.17) is 0 Å². The van der Waals surface area contributed by atoms with Gasteiger partial charge in [-0.2, -0.15) is 0 Å². The molecule has 13 heavy (non-hydrogen) atoms. The summed E-state index contributed by atoms with van der Waals surface area (Å²) in [5.74, 6) is 0. The highest BCUT2D eigenvalue weighted by molar-refractivity contribution is 5.13. The zero-order valence-electron chi connectivity index (χ0n) is 8.58. The summed E-state index contributed by atoms with van der Waals surface area (Å²) in [4.78, 5) is 8.20. The van der Waals surface area contributed by atoms with E-state index < -0.39 is 0 Å². The second kappa shape index (κ2) is 5.68. The maximum absolute atomic E-state index is 4.17. The molecule has 0 aromatic carbocycles. The van der Waals surface area contributed by atoms with E-state index in [1.54, 1.807) is 6.33 Å². The van der Waals surface area contributed by atoms with E-state index in [0.29, 0.717) is 0 Å². The summed E-state index contributed by atoms with van der Waals surface area (Å²) in [5, 5.41) is 0. The molecule has 0 saturated carbocycles. The lowest BCUT2D eigenvalue weighted by molar-refractivity contribution is 0.663. The SMILES string of the molecule is CCCCCCc1cncnc1C. The Morgan fingerprint density at radius 1 is 1.23 bits per heavy atom. The maximum atomic E-state index is 4.17. The Morgan fingerprint density at radius 2 is 2.08 bits per heavy atom. The van der Waals surface area contributed by atoms with Crippen LogP contribution in [0.1, 0.15) is 43.9 Å². The number of aryl methyl sites for hydroxylation is 2. The predicted molar refractivity (Wildman–Crippen MR) is 54.6 cm³/mol. The maximum Gasteiger partial charge on any atom is 0.115 e. The van der Waals surface area contributed by atoms with Crippen LogP contribution in [0.2, 0.25) is 0 Å². The first kappa shape index (κ1) is 10.2. The molecule has 0 fully saturated rings. The number of hydrogen-bond acceptors (Lipinski definition) is 2. The molecular weight excluding hydrogens is 160 g/mol. The molecule has 0 N–H and O–H groups in total. The third kappa shape index (κ3) is 3.53. The number of hydrogen-bond donors (Lipinski definition) is 0. The lowest BCUT2D eigenvalue weighted by Crippen LogP contribution is -1.94. The molecule has 0 saturated heterocycles. The van der Waals surface area contributed by atoms with Gasteiger partial charge >= 0.3 is 0 Å². The summed E-state index contributed by atoms with van der Waals surface area (Å²) >= 11 is 0. The molecule has 0 spiro atoms. The Bertz CT molecular complexity index is 246. The van der Waals surface area contributed by atoms with E-state index in [0.717, 1.165) is 12.1 Å². The van der Waals surface area contributed by atoms with Gasteiger partial charge in [0.2, 0.25) is 0 Å². The van der Waals surface area contributed by atoms with Crippen molar-refractivity contribution in [3.05, 3.63) is 23.8 Å². The van der Waals surface area contributed by atoms with Crippen molar-refractivity contribution in [1.29, 1.82) is 0 Å². The zero-order chi connectivity index (χ0) is 9.52. The fraction of sp³-hybridized carbons (Fsp3) is 0.636. The monoisotopic (exact) mass is 178 g/mol. The number of aromatic nitrogens is 2. The first-order chi connectivity index (χ1) is 6.34. The summed E-state index contributed by atoms with van der Waals surface area (Å²) in [6.45, 7) is 4.29. The minimum absolute atomic E-state index is 1.13. The number of nitrogens with zero attached hydrogens (tertiary/aromatic N) is 2. The number of rotatable bonds is 5. The van der Waals surface area contributed by atoms with Crippen molar-refractivity contribution in [3.8, 4) is 0 Å². The summed E-state index contributed by atoms with van der Waals surface area (Å²) in [6.07, 6.45) is 9.91. The predicted octanol–water partition coefficient (Wildman–Crippen LogP) is 2.91. The lowest BCUT2D eigenvalue weighted by atomic mass is 10.1. The highest BCUT2D eigenvalue weighted by Gasteiger charge is 1.97. The second-order valence-electron chi connectivity index (χ2n) is 3.44. The largest absolute Gasteiger partial charge is 0.245 e. The van der Waals surface area contributed by atoms with Crippen molar-refractivity contribution in [2.24, 2.45) is 0 Å². The van der Waals surface area contributed by atoms with Crippen LogP contribution in [0.5, 0.6) is 0 Å². The van der Waals surface area contributed by atoms with E-state index in [2.05, 4.69) is 23.8 Å². The second-order valence-corrected chi connectivity index (χ2v) is 3.44. The fourth-order valence-corrected chi connectivity index (χ4v) is 1.41. The van der Waals surface area contributed by atoms with Gasteiger partial charge in [0.15, 0.2) is 0 Å². The van der Waals surface area contributed by atoms with Crippen LogP contribution in [0.15, 0.2) is 12.5 Å². The molecule has 0 aliphatic heterocycles. The molecular formula is C11H18N2. The minimum Gasteiger partial charge on any atom is -0.245 e. The molecule has 1 aromatic rings. The van der Waals surface area contributed by atoms with Crippen LogP contribution in [0.25, 0.3) is 0 Å². The van der Waals surface area contributed by atoms with Gasteiger partial charge in [0, 0.05) is 11.9 Å². The van der Waals surface area contributed by atoms with Gasteiger partial charge in [-0.1, -0.05) is 26.2 Å². The van der Waals surface area contributed by atoms with Crippen molar-refractivity contribution < 1.29 is 0 Å². The third-order valence-corrected chi connectivity index (χ3v) is 2.31. The molecule has 0 aliphatic rings. The van der Waals surface area contributed by atoms with Gasteiger partial charge in [0.05, 0.1) is 0 Å². The first-order valence-corrected chi connectivity index (χ1v) is 5.10. The quantitative estimate of drug-likeness (QED) is 0.648. The highest BCUT2D eigenvalue weighted by atomic mass is 14.8. The molecule has 0 aliphatic carbocycles. The Morgan fingerprint density at radius 3 is 2.77 bits per heavy atom. The molecule has 0 amide bonds. The number of unbranched alkanes of at least 4 members (excludes halogenated alkanes) is 3. The van der Waals surface area contributed by atoms with E-state index in [1.165, 1.54) is 31.2 Å². The van der Waals surface area contributed by atoms with Crippen LogP contribution < -0.4 is 0 Å². The summed E-state index contributed by atoms with van der Waals surface area (Å²) in [7, 11) is 0. The molecule has 0 radical (unpaired) electrons. The van der Waals surface area contributed by atoms with Crippen LogP contribution in [0.3, 0.4) is 0 Å². The average molecular weight is 178 g/mol. The van der Waals surface area contributed by atoms with E-state index in [-0.39, 0.29) is 0 Å². The Balaban J connectivity index is 2.32. The van der Waals surface area contributed by atoms with E-state index in [9.17, 15) is 0 Å². The standard InChI is InChI=1S/C11H18N2/c1-3-4-5-6-7-11-8-12-9-13-10(11)2/h8-9H,3-7H2,1-2H3.